The smallest absolute Gasteiger partial charge is 0.0384 e. The van der Waals surface area contributed by atoms with Gasteiger partial charge in [0.25, 0.3) is 0 Å². The van der Waals surface area contributed by atoms with Crippen LogP contribution in [0.25, 0.3) is 0 Å². The molecule has 1 heteroatoms. The van der Waals surface area contributed by atoms with Crippen molar-refractivity contribution < 1.29 is 0 Å². The van der Waals surface area contributed by atoms with E-state index >= 15 is 0 Å². The summed E-state index contributed by atoms with van der Waals surface area (Å²) in [7, 11) is 0. The van der Waals surface area contributed by atoms with Crippen LogP contribution in [0, 0.1) is 0 Å². The van der Waals surface area contributed by atoms with E-state index in [9.17, 15) is 0 Å². The molecule has 2 aromatic rings. The third-order valence-electron chi connectivity index (χ3n) is 3.51. The van der Waals surface area contributed by atoms with E-state index in [0.29, 0.717) is 0 Å². The quantitative estimate of drug-likeness (QED) is 0.589. The van der Waals surface area contributed by atoms with Crippen LogP contribution in [0.3, 0.4) is 0 Å². The number of aryl methyl sites for hydroxylation is 1. The van der Waals surface area contributed by atoms with E-state index in [2.05, 4.69) is 66.0 Å². The fourth-order valence-electron chi connectivity index (χ4n) is 2.34. The lowest BCUT2D eigenvalue weighted by atomic mass is 10.1. The maximum Gasteiger partial charge on any atom is 0.0384 e. The van der Waals surface area contributed by atoms with Gasteiger partial charge >= 0.3 is 0 Å². The lowest BCUT2D eigenvalue weighted by molar-refractivity contribution is 0.580. The molecule has 0 atom stereocenters. The molecule has 0 N–H and O–H groups in total. The van der Waals surface area contributed by atoms with Crippen molar-refractivity contribution in [1.82, 2.24) is 5.32 Å². The minimum absolute atomic E-state index is 0.866. The SMILES string of the molecule is c1ccc(CCCCCC[N]Cc2ccccc2)cc1. The molecule has 0 bridgehead atoms. The van der Waals surface area contributed by atoms with Crippen molar-refractivity contribution >= 4 is 0 Å². The molecule has 0 heterocycles. The Bertz CT molecular complexity index is 404. The average molecular weight is 266 g/mol. The first kappa shape index (κ1) is 14.8. The van der Waals surface area contributed by atoms with Gasteiger partial charge < -0.3 is 0 Å². The van der Waals surface area contributed by atoms with Crippen LogP contribution in [0.4, 0.5) is 0 Å². The summed E-state index contributed by atoms with van der Waals surface area (Å²) in [5.74, 6) is 0. The molecule has 105 valence electrons. The second kappa shape index (κ2) is 9.33. The minimum atomic E-state index is 0.866. The Balaban J connectivity index is 1.44. The summed E-state index contributed by atoms with van der Waals surface area (Å²) in [5, 5.41) is 4.60. The van der Waals surface area contributed by atoms with Gasteiger partial charge in [0, 0.05) is 13.1 Å². The maximum atomic E-state index is 4.60. The lowest BCUT2D eigenvalue weighted by Gasteiger charge is -2.03. The van der Waals surface area contributed by atoms with Gasteiger partial charge in [0.15, 0.2) is 0 Å². The summed E-state index contributed by atoms with van der Waals surface area (Å²) < 4.78 is 0. The third-order valence-corrected chi connectivity index (χ3v) is 3.51. The van der Waals surface area contributed by atoms with Crippen LogP contribution >= 0.6 is 0 Å². The Morgan fingerprint density at radius 1 is 0.600 bits per heavy atom. The number of unbranched alkanes of at least 4 members (excludes halogenated alkanes) is 3. The standard InChI is InChI=1S/C19H24N/c1(5-11-18-12-6-3-7-13-18)2-10-16-20-17-19-14-8-4-9-15-19/h3-4,6-9,12-15H,1-2,5,10-11,16-17H2. The predicted molar refractivity (Wildman–Crippen MR) is 85.8 cm³/mol. The molecule has 0 saturated heterocycles. The van der Waals surface area contributed by atoms with Crippen molar-refractivity contribution in [2.24, 2.45) is 0 Å². The molecular weight excluding hydrogens is 242 g/mol. The molecule has 0 saturated carbocycles. The molecule has 2 rings (SSSR count). The van der Waals surface area contributed by atoms with Gasteiger partial charge in [-0.2, -0.15) is 0 Å². The van der Waals surface area contributed by atoms with Gasteiger partial charge in [-0.1, -0.05) is 73.5 Å². The zero-order valence-corrected chi connectivity index (χ0v) is 12.2. The normalized spacial score (nSPS) is 10.6. The summed E-state index contributed by atoms with van der Waals surface area (Å²) in [6, 6.07) is 21.3. The van der Waals surface area contributed by atoms with Gasteiger partial charge in [-0.3, -0.25) is 0 Å². The van der Waals surface area contributed by atoms with Gasteiger partial charge in [-0.05, 0) is 30.4 Å². The molecule has 2 aromatic carbocycles. The van der Waals surface area contributed by atoms with Gasteiger partial charge in [-0.25, -0.2) is 5.32 Å². The highest BCUT2D eigenvalue weighted by Crippen LogP contribution is 2.07. The summed E-state index contributed by atoms with van der Waals surface area (Å²) >= 11 is 0. The van der Waals surface area contributed by atoms with Crippen molar-refractivity contribution in [3.8, 4) is 0 Å². The van der Waals surface area contributed by atoms with Crippen molar-refractivity contribution in [2.75, 3.05) is 6.54 Å². The van der Waals surface area contributed by atoms with Gasteiger partial charge in [0.05, 0.1) is 0 Å². The Hall–Kier alpha value is -1.60. The molecule has 0 amide bonds. The second-order valence-corrected chi connectivity index (χ2v) is 5.24. The van der Waals surface area contributed by atoms with Crippen LogP contribution in [0.2, 0.25) is 0 Å². The highest BCUT2D eigenvalue weighted by Gasteiger charge is 1.95. The molecule has 20 heavy (non-hydrogen) atoms. The summed E-state index contributed by atoms with van der Waals surface area (Å²) in [6.07, 6.45) is 6.34. The number of nitrogens with zero attached hydrogens (tertiary/aromatic N) is 1. The van der Waals surface area contributed by atoms with E-state index in [1.54, 1.807) is 0 Å². The summed E-state index contributed by atoms with van der Waals surface area (Å²) in [4.78, 5) is 0. The number of hydrogen-bond acceptors (Lipinski definition) is 0. The van der Waals surface area contributed by atoms with E-state index in [4.69, 9.17) is 0 Å². The molecule has 0 aliphatic rings. The summed E-state index contributed by atoms with van der Waals surface area (Å²) in [6.45, 7) is 1.87. The van der Waals surface area contributed by atoms with Crippen LogP contribution in [-0.2, 0) is 13.0 Å². The lowest BCUT2D eigenvalue weighted by Crippen LogP contribution is -2.06. The number of hydrogen-bond donors (Lipinski definition) is 0. The zero-order chi connectivity index (χ0) is 13.9. The van der Waals surface area contributed by atoms with Crippen LogP contribution in [-0.4, -0.2) is 6.54 Å². The van der Waals surface area contributed by atoms with Gasteiger partial charge in [0.2, 0.25) is 0 Å². The first-order valence-corrected chi connectivity index (χ1v) is 7.66. The maximum absolute atomic E-state index is 4.60. The van der Waals surface area contributed by atoms with Crippen LogP contribution in [0.1, 0.15) is 36.8 Å². The van der Waals surface area contributed by atoms with E-state index < -0.39 is 0 Å². The fourth-order valence-corrected chi connectivity index (χ4v) is 2.34. The van der Waals surface area contributed by atoms with Crippen LogP contribution < -0.4 is 5.32 Å². The Kier molecular flexibility index (Phi) is 6.90. The Morgan fingerprint density at radius 2 is 1.20 bits per heavy atom. The van der Waals surface area contributed by atoms with Crippen molar-refractivity contribution in [2.45, 2.75) is 38.6 Å². The average Bonchev–Trinajstić information content (AvgIpc) is 2.52. The van der Waals surface area contributed by atoms with Gasteiger partial charge in [0.1, 0.15) is 0 Å². The molecule has 1 nitrogen and oxygen atoms in total. The molecule has 0 spiro atoms. The predicted octanol–water partition coefficient (Wildman–Crippen LogP) is 4.59. The second-order valence-electron chi connectivity index (χ2n) is 5.24. The molecule has 0 unspecified atom stereocenters. The number of rotatable bonds is 9. The van der Waals surface area contributed by atoms with E-state index in [0.717, 1.165) is 13.1 Å². The first-order valence-electron chi connectivity index (χ1n) is 7.66. The van der Waals surface area contributed by atoms with Crippen molar-refractivity contribution in [3.05, 3.63) is 71.8 Å². The minimum Gasteiger partial charge on any atom is -0.237 e. The Morgan fingerprint density at radius 3 is 1.90 bits per heavy atom. The van der Waals surface area contributed by atoms with Crippen molar-refractivity contribution in [1.29, 1.82) is 0 Å². The van der Waals surface area contributed by atoms with Crippen LogP contribution in [0.15, 0.2) is 60.7 Å². The molecule has 1 radical (unpaired) electrons. The largest absolute Gasteiger partial charge is 0.237 e. The molecule has 0 fully saturated rings. The first-order chi connectivity index (χ1) is 9.95. The summed E-state index contributed by atoms with van der Waals surface area (Å²) in [5.41, 5.74) is 2.78. The van der Waals surface area contributed by atoms with E-state index in [1.807, 2.05) is 0 Å². The highest BCUT2D eigenvalue weighted by atomic mass is 14.8. The van der Waals surface area contributed by atoms with Crippen LogP contribution in [0.5, 0.6) is 0 Å². The molecule has 0 aromatic heterocycles. The third kappa shape index (κ3) is 6.03. The fraction of sp³-hybridized carbons (Fsp3) is 0.368. The monoisotopic (exact) mass is 266 g/mol. The Labute approximate surface area is 123 Å². The highest BCUT2D eigenvalue weighted by molar-refractivity contribution is 5.15. The molecule has 0 aliphatic carbocycles. The van der Waals surface area contributed by atoms with Gasteiger partial charge in [-0.15, -0.1) is 0 Å². The van der Waals surface area contributed by atoms with Crippen molar-refractivity contribution in [3.63, 3.8) is 0 Å². The topological polar surface area (TPSA) is 14.1 Å². The zero-order valence-electron chi connectivity index (χ0n) is 12.2. The molecular formula is C19H24N. The molecule has 0 aliphatic heterocycles. The van der Waals surface area contributed by atoms with E-state index in [-0.39, 0.29) is 0 Å². The number of benzene rings is 2. The van der Waals surface area contributed by atoms with E-state index in [1.165, 1.54) is 43.2 Å².